The van der Waals surface area contributed by atoms with Crippen LogP contribution < -0.4 is 0 Å². The largest absolute Gasteiger partial charge is 0.478 e. The molecule has 1 N–H and O–H groups in total. The minimum Gasteiger partial charge on any atom is -0.478 e. The average molecular weight is 227 g/mol. The molecule has 80 valence electrons. The zero-order chi connectivity index (χ0) is 11.4. The lowest BCUT2D eigenvalue weighted by atomic mass is 10.0. The highest BCUT2D eigenvalue weighted by atomic mass is 35.5. The number of ketones is 1. The molecule has 0 aromatic heterocycles. The zero-order valence-corrected chi connectivity index (χ0v) is 9.04. The Balaban J connectivity index is 3.06. The second-order valence-corrected chi connectivity index (χ2v) is 3.58. The highest BCUT2D eigenvalue weighted by Gasteiger charge is 2.12. The molecule has 0 saturated heterocycles. The molecule has 0 atom stereocenters. The third-order valence-electron chi connectivity index (χ3n) is 2.03. The van der Waals surface area contributed by atoms with Crippen molar-refractivity contribution in [1.29, 1.82) is 0 Å². The van der Waals surface area contributed by atoms with Gasteiger partial charge in [0.2, 0.25) is 0 Å². The fraction of sp³-hybridized carbons (Fsp3) is 0.273. The van der Waals surface area contributed by atoms with E-state index in [1.54, 1.807) is 25.1 Å². The Morgan fingerprint density at radius 2 is 2.07 bits per heavy atom. The maximum absolute atomic E-state index is 11.1. The number of aromatic carboxylic acids is 1. The van der Waals surface area contributed by atoms with Gasteiger partial charge in [-0.25, -0.2) is 4.79 Å². The van der Waals surface area contributed by atoms with E-state index in [9.17, 15) is 9.59 Å². The van der Waals surface area contributed by atoms with Crippen molar-refractivity contribution < 1.29 is 14.7 Å². The first-order chi connectivity index (χ1) is 7.04. The molecular weight excluding hydrogens is 216 g/mol. The maximum atomic E-state index is 11.1. The lowest BCUT2D eigenvalue weighted by Crippen LogP contribution is -2.09. The van der Waals surface area contributed by atoms with Gasteiger partial charge in [0.15, 0.2) is 5.78 Å². The number of hydrogen-bond acceptors (Lipinski definition) is 2. The van der Waals surface area contributed by atoms with Crippen LogP contribution >= 0.6 is 11.6 Å². The molecule has 0 aliphatic carbocycles. The molecule has 0 aliphatic rings. The molecule has 3 nitrogen and oxygen atoms in total. The van der Waals surface area contributed by atoms with Crippen LogP contribution in [0.3, 0.4) is 0 Å². The van der Waals surface area contributed by atoms with E-state index in [-0.39, 0.29) is 23.6 Å². The summed E-state index contributed by atoms with van der Waals surface area (Å²) in [5.74, 6) is -1.29. The van der Waals surface area contributed by atoms with E-state index in [0.29, 0.717) is 5.56 Å². The number of carbonyl (C=O) groups is 2. The Morgan fingerprint density at radius 1 is 1.40 bits per heavy atom. The Bertz CT molecular complexity index is 399. The maximum Gasteiger partial charge on any atom is 0.335 e. The molecule has 1 aromatic rings. The van der Waals surface area contributed by atoms with Crippen LogP contribution in [-0.2, 0) is 11.2 Å². The number of carboxylic acid groups (broad SMARTS) is 1. The predicted octanol–water partition coefficient (Wildman–Crippen LogP) is 2.04. The van der Waals surface area contributed by atoms with Crippen LogP contribution in [0.4, 0.5) is 0 Å². The van der Waals surface area contributed by atoms with E-state index in [4.69, 9.17) is 16.7 Å². The number of carboxylic acids is 1. The standard InChI is InChI=1S/C11H11ClO3/c1-7-2-3-8(5-9(13)6-12)10(4-7)11(14)15/h2-4H,5-6H2,1H3,(H,14,15). The summed E-state index contributed by atoms with van der Waals surface area (Å²) in [4.78, 5) is 22.0. The first-order valence-electron chi connectivity index (χ1n) is 4.45. The molecular formula is C11H11ClO3. The first kappa shape index (κ1) is 11.7. The van der Waals surface area contributed by atoms with E-state index < -0.39 is 5.97 Å². The minimum absolute atomic E-state index is 0.0748. The third-order valence-corrected chi connectivity index (χ3v) is 2.33. The number of hydrogen-bond donors (Lipinski definition) is 1. The lowest BCUT2D eigenvalue weighted by molar-refractivity contribution is -0.116. The van der Waals surface area contributed by atoms with Gasteiger partial charge >= 0.3 is 5.97 Å². The van der Waals surface area contributed by atoms with Crippen molar-refractivity contribution >= 4 is 23.4 Å². The molecule has 0 aliphatic heterocycles. The van der Waals surface area contributed by atoms with E-state index in [1.165, 1.54) is 0 Å². The first-order valence-corrected chi connectivity index (χ1v) is 4.98. The molecule has 0 saturated carbocycles. The zero-order valence-electron chi connectivity index (χ0n) is 8.29. The van der Waals surface area contributed by atoms with Crippen LogP contribution in [0.1, 0.15) is 21.5 Å². The molecule has 0 bridgehead atoms. The van der Waals surface area contributed by atoms with Crippen molar-refractivity contribution in [3.63, 3.8) is 0 Å². The second kappa shape index (κ2) is 4.94. The Labute approximate surface area is 92.7 Å². The van der Waals surface area contributed by atoms with Crippen molar-refractivity contribution in [3.8, 4) is 0 Å². The van der Waals surface area contributed by atoms with Gasteiger partial charge in [-0.3, -0.25) is 4.79 Å². The molecule has 15 heavy (non-hydrogen) atoms. The quantitative estimate of drug-likeness (QED) is 0.800. The Morgan fingerprint density at radius 3 is 2.60 bits per heavy atom. The van der Waals surface area contributed by atoms with Gasteiger partial charge < -0.3 is 5.11 Å². The minimum atomic E-state index is -1.02. The van der Waals surface area contributed by atoms with Gasteiger partial charge in [0, 0.05) is 6.42 Å². The average Bonchev–Trinajstić information content (AvgIpc) is 2.20. The van der Waals surface area contributed by atoms with Crippen molar-refractivity contribution in [3.05, 3.63) is 34.9 Å². The Hall–Kier alpha value is -1.35. The molecule has 0 fully saturated rings. The van der Waals surface area contributed by atoms with Gasteiger partial charge in [-0.05, 0) is 18.6 Å². The molecule has 4 heteroatoms. The van der Waals surface area contributed by atoms with Gasteiger partial charge in [0.25, 0.3) is 0 Å². The summed E-state index contributed by atoms with van der Waals surface area (Å²) < 4.78 is 0. The smallest absolute Gasteiger partial charge is 0.335 e. The number of carbonyl (C=O) groups excluding carboxylic acids is 1. The van der Waals surface area contributed by atoms with Crippen LogP contribution in [0.15, 0.2) is 18.2 Å². The molecule has 0 unspecified atom stereocenters. The summed E-state index contributed by atoms with van der Waals surface area (Å²) in [6.07, 6.45) is 0.0748. The molecule has 0 spiro atoms. The third kappa shape index (κ3) is 3.06. The summed E-state index contributed by atoms with van der Waals surface area (Å²) >= 11 is 5.37. The van der Waals surface area contributed by atoms with Crippen molar-refractivity contribution in [2.75, 3.05) is 5.88 Å². The number of benzene rings is 1. The summed E-state index contributed by atoms with van der Waals surface area (Å²) in [5.41, 5.74) is 1.54. The molecule has 1 aromatic carbocycles. The van der Waals surface area contributed by atoms with E-state index in [2.05, 4.69) is 0 Å². The van der Waals surface area contributed by atoms with Crippen LogP contribution in [0.2, 0.25) is 0 Å². The molecule has 0 amide bonds. The van der Waals surface area contributed by atoms with Gasteiger partial charge in [-0.1, -0.05) is 17.7 Å². The van der Waals surface area contributed by atoms with Crippen LogP contribution in [-0.4, -0.2) is 22.7 Å². The van der Waals surface area contributed by atoms with Gasteiger partial charge in [-0.2, -0.15) is 0 Å². The van der Waals surface area contributed by atoms with Crippen LogP contribution in [0.5, 0.6) is 0 Å². The number of halogens is 1. The lowest BCUT2D eigenvalue weighted by Gasteiger charge is -2.05. The molecule has 0 heterocycles. The second-order valence-electron chi connectivity index (χ2n) is 3.31. The fourth-order valence-corrected chi connectivity index (χ4v) is 1.40. The molecule has 1 rings (SSSR count). The number of aryl methyl sites for hydroxylation is 1. The van der Waals surface area contributed by atoms with Gasteiger partial charge in [0.05, 0.1) is 11.4 Å². The monoisotopic (exact) mass is 226 g/mol. The van der Waals surface area contributed by atoms with Crippen molar-refractivity contribution in [1.82, 2.24) is 0 Å². The van der Waals surface area contributed by atoms with Crippen LogP contribution in [0.25, 0.3) is 0 Å². The van der Waals surface area contributed by atoms with Crippen LogP contribution in [0, 0.1) is 6.92 Å². The van der Waals surface area contributed by atoms with E-state index in [1.807, 2.05) is 0 Å². The van der Waals surface area contributed by atoms with Gasteiger partial charge in [0.1, 0.15) is 0 Å². The highest BCUT2D eigenvalue weighted by Crippen LogP contribution is 2.13. The van der Waals surface area contributed by atoms with Crippen molar-refractivity contribution in [2.24, 2.45) is 0 Å². The molecule has 0 radical (unpaired) electrons. The summed E-state index contributed by atoms with van der Waals surface area (Å²) in [6, 6.07) is 4.99. The highest BCUT2D eigenvalue weighted by molar-refractivity contribution is 6.27. The number of rotatable bonds is 4. The van der Waals surface area contributed by atoms with Crippen molar-refractivity contribution in [2.45, 2.75) is 13.3 Å². The number of alkyl halides is 1. The summed E-state index contributed by atoms with van der Waals surface area (Å²) in [6.45, 7) is 1.81. The predicted molar refractivity (Wildman–Crippen MR) is 57.6 cm³/mol. The number of Topliss-reactive ketones (excluding diaryl/α,β-unsaturated/α-hetero) is 1. The normalized spacial score (nSPS) is 10.0. The van der Waals surface area contributed by atoms with Gasteiger partial charge in [-0.15, -0.1) is 11.6 Å². The summed E-state index contributed by atoms with van der Waals surface area (Å²) in [5, 5.41) is 8.93. The SMILES string of the molecule is Cc1ccc(CC(=O)CCl)c(C(=O)O)c1. The van der Waals surface area contributed by atoms with E-state index >= 15 is 0 Å². The topological polar surface area (TPSA) is 54.4 Å². The van der Waals surface area contributed by atoms with E-state index in [0.717, 1.165) is 5.56 Å². The summed E-state index contributed by atoms with van der Waals surface area (Å²) in [7, 11) is 0. The Kier molecular flexibility index (Phi) is 3.86. The fourth-order valence-electron chi connectivity index (χ4n) is 1.30.